The van der Waals surface area contributed by atoms with Crippen LogP contribution in [0.25, 0.3) is 0 Å². The van der Waals surface area contributed by atoms with E-state index in [1.165, 1.54) is 0 Å². The number of hydrogen-bond acceptors (Lipinski definition) is 2. The van der Waals surface area contributed by atoms with Crippen LogP contribution in [0.4, 0.5) is 0 Å². The van der Waals surface area contributed by atoms with Gasteiger partial charge in [0, 0.05) is 0 Å². The van der Waals surface area contributed by atoms with Gasteiger partial charge in [0.1, 0.15) is 0 Å². The predicted octanol–water partition coefficient (Wildman–Crippen LogP) is 3.56. The highest BCUT2D eigenvalue weighted by atomic mass is 16.4. The summed E-state index contributed by atoms with van der Waals surface area (Å²) in [6, 6.07) is 19.2. The number of benzene rings is 2. The molecule has 2 atom stereocenters. The van der Waals surface area contributed by atoms with Crippen LogP contribution in [0.3, 0.4) is 0 Å². The lowest BCUT2D eigenvalue weighted by Gasteiger charge is -2.27. The van der Waals surface area contributed by atoms with Gasteiger partial charge in [-0.2, -0.15) is 0 Å². The van der Waals surface area contributed by atoms with E-state index in [1.54, 1.807) is 0 Å². The molecule has 128 valence electrons. The van der Waals surface area contributed by atoms with Gasteiger partial charge in [-0.15, -0.1) is 0 Å². The number of carbonyl (C=O) groups excluding carboxylic acids is 1. The lowest BCUT2D eigenvalue weighted by molar-refractivity contribution is -0.147. The maximum absolute atomic E-state index is 12.9. The first-order valence-corrected chi connectivity index (χ1v) is 8.45. The van der Waals surface area contributed by atoms with Gasteiger partial charge >= 0.3 is 5.97 Å². The van der Waals surface area contributed by atoms with Gasteiger partial charge in [-0.05, 0) is 24.0 Å². The van der Waals surface area contributed by atoms with E-state index in [0.29, 0.717) is 12.8 Å². The lowest BCUT2D eigenvalue weighted by Crippen LogP contribution is -2.40. The topological polar surface area (TPSA) is 66.4 Å². The van der Waals surface area contributed by atoms with Crippen LogP contribution in [0.15, 0.2) is 72.8 Å². The zero-order chi connectivity index (χ0) is 17.6. The van der Waals surface area contributed by atoms with Crippen molar-refractivity contribution in [2.24, 2.45) is 11.8 Å². The molecule has 0 aromatic heterocycles. The van der Waals surface area contributed by atoms with Crippen molar-refractivity contribution in [2.45, 2.75) is 18.9 Å². The molecular weight excluding hydrogens is 314 g/mol. The van der Waals surface area contributed by atoms with E-state index < -0.39 is 17.8 Å². The molecular formula is C21H21NO3. The van der Waals surface area contributed by atoms with Gasteiger partial charge in [-0.25, -0.2) is 0 Å². The molecule has 0 spiro atoms. The number of rotatable bonds is 5. The molecule has 2 aromatic rings. The quantitative estimate of drug-likeness (QED) is 0.821. The summed E-state index contributed by atoms with van der Waals surface area (Å²) in [7, 11) is 0. The maximum Gasteiger partial charge on any atom is 0.307 e. The Bertz CT molecular complexity index is 716. The van der Waals surface area contributed by atoms with Crippen molar-refractivity contribution in [3.8, 4) is 0 Å². The molecule has 0 saturated carbocycles. The van der Waals surface area contributed by atoms with E-state index in [-0.39, 0.29) is 11.9 Å². The van der Waals surface area contributed by atoms with Crippen LogP contribution in [0.2, 0.25) is 0 Å². The van der Waals surface area contributed by atoms with Gasteiger partial charge in [-0.3, -0.25) is 9.59 Å². The number of carboxylic acids is 1. The third kappa shape index (κ3) is 3.97. The molecule has 0 aliphatic heterocycles. The number of carbonyl (C=O) groups is 2. The molecule has 0 fully saturated rings. The standard InChI is InChI=1S/C21H21NO3/c23-20(17-13-7-8-14-18(17)21(24)25)22-19(15-9-3-1-4-10-15)16-11-5-2-6-12-16/h1-12,17-19H,13-14H2,(H,22,23)(H,24,25)/t17-,18+/m1/s1. The molecule has 1 aliphatic carbocycles. The van der Waals surface area contributed by atoms with Gasteiger partial charge in [0.25, 0.3) is 0 Å². The minimum Gasteiger partial charge on any atom is -0.481 e. The number of allylic oxidation sites excluding steroid dienone is 2. The van der Waals surface area contributed by atoms with E-state index in [1.807, 2.05) is 72.8 Å². The van der Waals surface area contributed by atoms with Crippen molar-refractivity contribution in [1.82, 2.24) is 5.32 Å². The first kappa shape index (κ1) is 17.0. The molecule has 25 heavy (non-hydrogen) atoms. The van der Waals surface area contributed by atoms with Crippen molar-refractivity contribution >= 4 is 11.9 Å². The van der Waals surface area contributed by atoms with Gasteiger partial charge in [0.05, 0.1) is 17.9 Å². The number of hydrogen-bond donors (Lipinski definition) is 2. The normalized spacial score (nSPS) is 19.6. The fourth-order valence-electron chi connectivity index (χ4n) is 3.28. The molecule has 0 saturated heterocycles. The second-order valence-electron chi connectivity index (χ2n) is 6.26. The number of nitrogens with one attached hydrogen (secondary N) is 1. The monoisotopic (exact) mass is 335 g/mol. The van der Waals surface area contributed by atoms with Crippen LogP contribution in [-0.2, 0) is 9.59 Å². The van der Waals surface area contributed by atoms with Crippen molar-refractivity contribution < 1.29 is 14.7 Å². The predicted molar refractivity (Wildman–Crippen MR) is 95.9 cm³/mol. The second kappa shape index (κ2) is 7.79. The molecule has 1 aliphatic rings. The third-order valence-electron chi connectivity index (χ3n) is 4.64. The van der Waals surface area contributed by atoms with Gasteiger partial charge in [0.2, 0.25) is 5.91 Å². The van der Waals surface area contributed by atoms with Crippen LogP contribution in [0.1, 0.15) is 30.0 Å². The molecule has 2 N–H and O–H groups in total. The molecule has 0 radical (unpaired) electrons. The fraction of sp³-hybridized carbons (Fsp3) is 0.238. The number of aliphatic carboxylic acids is 1. The Morgan fingerprint density at radius 3 is 1.80 bits per heavy atom. The smallest absolute Gasteiger partial charge is 0.307 e. The summed E-state index contributed by atoms with van der Waals surface area (Å²) in [5.41, 5.74) is 1.94. The largest absolute Gasteiger partial charge is 0.481 e. The first-order valence-electron chi connectivity index (χ1n) is 8.45. The maximum atomic E-state index is 12.9. The van der Waals surface area contributed by atoms with E-state index in [9.17, 15) is 14.7 Å². The van der Waals surface area contributed by atoms with E-state index >= 15 is 0 Å². The summed E-state index contributed by atoms with van der Waals surface area (Å²) < 4.78 is 0. The van der Waals surface area contributed by atoms with Crippen molar-refractivity contribution in [3.63, 3.8) is 0 Å². The van der Waals surface area contributed by atoms with Crippen LogP contribution >= 0.6 is 0 Å². The van der Waals surface area contributed by atoms with Crippen LogP contribution in [0.5, 0.6) is 0 Å². The number of carboxylic acid groups (broad SMARTS) is 1. The van der Waals surface area contributed by atoms with E-state index in [0.717, 1.165) is 11.1 Å². The average molecular weight is 335 g/mol. The molecule has 0 unspecified atom stereocenters. The van der Waals surface area contributed by atoms with Gasteiger partial charge < -0.3 is 10.4 Å². The minimum absolute atomic E-state index is 0.213. The zero-order valence-electron chi connectivity index (χ0n) is 13.8. The highest BCUT2D eigenvalue weighted by Gasteiger charge is 2.35. The summed E-state index contributed by atoms with van der Waals surface area (Å²) in [6.07, 6.45) is 4.59. The first-order chi connectivity index (χ1) is 12.2. The zero-order valence-corrected chi connectivity index (χ0v) is 13.8. The Balaban J connectivity index is 1.86. The van der Waals surface area contributed by atoms with Gasteiger partial charge in [-0.1, -0.05) is 72.8 Å². The van der Waals surface area contributed by atoms with Crippen molar-refractivity contribution in [2.75, 3.05) is 0 Å². The third-order valence-corrected chi connectivity index (χ3v) is 4.64. The molecule has 4 nitrogen and oxygen atoms in total. The van der Waals surface area contributed by atoms with E-state index in [2.05, 4.69) is 5.32 Å². The van der Waals surface area contributed by atoms with Crippen LogP contribution < -0.4 is 5.32 Å². The Labute approximate surface area is 147 Å². The summed E-state index contributed by atoms with van der Waals surface area (Å²) in [4.78, 5) is 24.3. The molecule has 1 amide bonds. The van der Waals surface area contributed by atoms with Crippen molar-refractivity contribution in [3.05, 3.63) is 83.9 Å². The highest BCUT2D eigenvalue weighted by molar-refractivity contribution is 5.85. The van der Waals surface area contributed by atoms with E-state index in [4.69, 9.17) is 0 Å². The summed E-state index contributed by atoms with van der Waals surface area (Å²) in [5.74, 6) is -2.34. The van der Waals surface area contributed by atoms with Crippen molar-refractivity contribution in [1.29, 1.82) is 0 Å². The minimum atomic E-state index is -0.916. The average Bonchev–Trinajstić information content (AvgIpc) is 2.67. The number of amides is 1. The Morgan fingerprint density at radius 2 is 1.32 bits per heavy atom. The van der Waals surface area contributed by atoms with Gasteiger partial charge in [0.15, 0.2) is 0 Å². The Morgan fingerprint density at radius 1 is 0.840 bits per heavy atom. The van der Waals surface area contributed by atoms with Crippen LogP contribution in [-0.4, -0.2) is 17.0 Å². The summed E-state index contributed by atoms with van der Waals surface area (Å²) in [6.45, 7) is 0. The summed E-state index contributed by atoms with van der Waals surface area (Å²) in [5, 5.41) is 12.5. The molecule has 0 heterocycles. The summed E-state index contributed by atoms with van der Waals surface area (Å²) >= 11 is 0. The second-order valence-corrected chi connectivity index (χ2v) is 6.26. The molecule has 0 bridgehead atoms. The SMILES string of the molecule is O=C(O)[C@H]1CC=CC[C@H]1C(=O)NC(c1ccccc1)c1ccccc1. The molecule has 4 heteroatoms. The Kier molecular flexibility index (Phi) is 5.29. The fourth-order valence-corrected chi connectivity index (χ4v) is 3.28. The molecule has 3 rings (SSSR count). The Hall–Kier alpha value is -2.88. The van der Waals surface area contributed by atoms with Crippen LogP contribution in [0, 0.1) is 11.8 Å². The highest BCUT2D eigenvalue weighted by Crippen LogP contribution is 2.28. The lowest BCUT2D eigenvalue weighted by atomic mass is 9.82. The molecule has 2 aromatic carbocycles.